The van der Waals surface area contributed by atoms with Crippen molar-refractivity contribution in [1.29, 1.82) is 0 Å². The zero-order valence-corrected chi connectivity index (χ0v) is 9.96. The number of aliphatic carboxylic acids is 1. The summed E-state index contributed by atoms with van der Waals surface area (Å²) >= 11 is 0. The van der Waals surface area contributed by atoms with Crippen LogP contribution in [-0.2, 0) is 27.3 Å². The number of carbonyl (C=O) groups excluding carboxylic acids is 1. The summed E-state index contributed by atoms with van der Waals surface area (Å²) in [7, 11) is 0. The maximum Gasteiger partial charge on any atom is 0.307 e. The van der Waals surface area contributed by atoms with Gasteiger partial charge in [0.1, 0.15) is 6.61 Å². The highest BCUT2D eigenvalue weighted by Gasteiger charge is 2.19. The molecule has 5 nitrogen and oxygen atoms in total. The van der Waals surface area contributed by atoms with Crippen molar-refractivity contribution in [3.05, 3.63) is 35.4 Å². The quantitative estimate of drug-likeness (QED) is 0.851. The van der Waals surface area contributed by atoms with Gasteiger partial charge in [0.05, 0.1) is 13.0 Å². The van der Waals surface area contributed by atoms with Crippen molar-refractivity contribution in [2.24, 2.45) is 0 Å². The van der Waals surface area contributed by atoms with Crippen molar-refractivity contribution >= 4 is 11.9 Å². The molecule has 0 bridgehead atoms. The maximum absolute atomic E-state index is 11.6. The van der Waals surface area contributed by atoms with Crippen molar-refractivity contribution in [3.8, 4) is 0 Å². The van der Waals surface area contributed by atoms with E-state index in [0.29, 0.717) is 19.7 Å². The Bertz CT molecular complexity index is 458. The number of carboxylic acids is 1. The molecule has 1 aliphatic heterocycles. The van der Waals surface area contributed by atoms with Crippen LogP contribution in [0.25, 0.3) is 0 Å². The molecule has 0 aliphatic carbocycles. The summed E-state index contributed by atoms with van der Waals surface area (Å²) in [4.78, 5) is 24.1. The Kier molecular flexibility index (Phi) is 3.94. The molecule has 1 heterocycles. The number of carbonyl (C=O) groups is 2. The fourth-order valence-electron chi connectivity index (χ4n) is 1.97. The number of hydrogen-bond acceptors (Lipinski definition) is 3. The average molecular weight is 249 g/mol. The normalized spacial score (nSPS) is 15.8. The summed E-state index contributed by atoms with van der Waals surface area (Å²) in [5.74, 6) is -0.915. The van der Waals surface area contributed by atoms with Gasteiger partial charge in [-0.1, -0.05) is 24.3 Å². The van der Waals surface area contributed by atoms with Gasteiger partial charge in [0.25, 0.3) is 0 Å². The van der Waals surface area contributed by atoms with Crippen LogP contribution in [0.15, 0.2) is 24.3 Å². The fourth-order valence-corrected chi connectivity index (χ4v) is 1.97. The van der Waals surface area contributed by atoms with Gasteiger partial charge in [-0.3, -0.25) is 9.59 Å². The Labute approximate surface area is 105 Å². The third-order valence-electron chi connectivity index (χ3n) is 2.91. The van der Waals surface area contributed by atoms with E-state index in [2.05, 4.69) is 0 Å². The van der Waals surface area contributed by atoms with Gasteiger partial charge in [-0.05, 0) is 11.1 Å². The van der Waals surface area contributed by atoms with Crippen molar-refractivity contribution in [2.75, 3.05) is 19.8 Å². The lowest BCUT2D eigenvalue weighted by atomic mass is 10.0. The van der Waals surface area contributed by atoms with Gasteiger partial charge in [-0.25, -0.2) is 0 Å². The molecule has 0 unspecified atom stereocenters. The smallest absolute Gasteiger partial charge is 0.307 e. The molecule has 1 aromatic rings. The molecule has 1 N–H and O–H groups in total. The molecule has 0 aromatic heterocycles. The van der Waals surface area contributed by atoms with Crippen molar-refractivity contribution in [2.45, 2.75) is 13.0 Å². The van der Waals surface area contributed by atoms with Crippen LogP contribution in [0.5, 0.6) is 0 Å². The summed E-state index contributed by atoms with van der Waals surface area (Å²) in [6, 6.07) is 7.31. The van der Waals surface area contributed by atoms with Gasteiger partial charge in [0.2, 0.25) is 5.91 Å². The molecule has 1 aliphatic rings. The SMILES string of the molecule is O=C(O)Cc1ccccc1CN1CCOCC1=O. The minimum atomic E-state index is -0.865. The molecular formula is C13H15NO4. The van der Waals surface area contributed by atoms with Crippen molar-refractivity contribution in [3.63, 3.8) is 0 Å². The monoisotopic (exact) mass is 249 g/mol. The molecular weight excluding hydrogens is 234 g/mol. The summed E-state index contributed by atoms with van der Waals surface area (Å²) in [6.07, 6.45) is -0.0191. The van der Waals surface area contributed by atoms with Crippen LogP contribution >= 0.6 is 0 Å². The van der Waals surface area contributed by atoms with E-state index in [0.717, 1.165) is 11.1 Å². The number of ether oxygens (including phenoxy) is 1. The minimum absolute atomic E-state index is 0.0191. The highest BCUT2D eigenvalue weighted by Crippen LogP contribution is 2.14. The van der Waals surface area contributed by atoms with E-state index in [1.54, 1.807) is 11.0 Å². The van der Waals surface area contributed by atoms with E-state index >= 15 is 0 Å². The number of nitrogens with zero attached hydrogens (tertiary/aromatic N) is 1. The van der Waals surface area contributed by atoms with Gasteiger partial charge in [0, 0.05) is 13.1 Å². The lowest BCUT2D eigenvalue weighted by Gasteiger charge is -2.27. The van der Waals surface area contributed by atoms with E-state index in [-0.39, 0.29) is 18.9 Å². The molecule has 0 spiro atoms. The number of rotatable bonds is 4. The van der Waals surface area contributed by atoms with Crippen LogP contribution < -0.4 is 0 Å². The molecule has 5 heteroatoms. The van der Waals surface area contributed by atoms with E-state index in [1.807, 2.05) is 18.2 Å². The Morgan fingerprint density at radius 1 is 1.33 bits per heavy atom. The summed E-state index contributed by atoms with van der Waals surface area (Å²) in [5, 5.41) is 8.85. The van der Waals surface area contributed by atoms with E-state index < -0.39 is 5.97 Å². The maximum atomic E-state index is 11.6. The van der Waals surface area contributed by atoms with Gasteiger partial charge < -0.3 is 14.7 Å². The van der Waals surface area contributed by atoms with Gasteiger partial charge in [-0.2, -0.15) is 0 Å². The number of carboxylic acid groups (broad SMARTS) is 1. The predicted molar refractivity (Wildman–Crippen MR) is 64.0 cm³/mol. The van der Waals surface area contributed by atoms with Crippen LogP contribution in [0.2, 0.25) is 0 Å². The second-order valence-electron chi connectivity index (χ2n) is 4.21. The summed E-state index contributed by atoms with van der Waals surface area (Å²) in [6.45, 7) is 1.65. The Hall–Kier alpha value is -1.88. The lowest BCUT2D eigenvalue weighted by Crippen LogP contribution is -2.41. The molecule has 1 amide bonds. The molecule has 2 rings (SSSR count). The second-order valence-corrected chi connectivity index (χ2v) is 4.21. The molecule has 1 fully saturated rings. The standard InChI is InChI=1S/C13H15NO4/c15-12-9-18-6-5-14(12)8-11-4-2-1-3-10(11)7-13(16)17/h1-4H,5-9H2,(H,16,17). The highest BCUT2D eigenvalue weighted by molar-refractivity contribution is 5.78. The van der Waals surface area contributed by atoms with Crippen molar-refractivity contribution in [1.82, 2.24) is 4.90 Å². The Morgan fingerprint density at radius 3 is 2.72 bits per heavy atom. The average Bonchev–Trinajstić information content (AvgIpc) is 2.34. The molecule has 1 aromatic carbocycles. The fraction of sp³-hybridized carbons (Fsp3) is 0.385. The molecule has 18 heavy (non-hydrogen) atoms. The molecule has 0 atom stereocenters. The third kappa shape index (κ3) is 3.07. The topological polar surface area (TPSA) is 66.8 Å². The van der Waals surface area contributed by atoms with E-state index in [9.17, 15) is 9.59 Å². The second kappa shape index (κ2) is 5.64. The Balaban J connectivity index is 2.12. The molecule has 0 saturated carbocycles. The lowest BCUT2D eigenvalue weighted by molar-refractivity contribution is -0.143. The largest absolute Gasteiger partial charge is 0.481 e. The molecule has 0 radical (unpaired) electrons. The summed E-state index contributed by atoms with van der Waals surface area (Å²) in [5.41, 5.74) is 1.64. The molecule has 96 valence electrons. The van der Waals surface area contributed by atoms with Crippen molar-refractivity contribution < 1.29 is 19.4 Å². The number of benzene rings is 1. The van der Waals surface area contributed by atoms with Gasteiger partial charge >= 0.3 is 5.97 Å². The van der Waals surface area contributed by atoms with Gasteiger partial charge in [0.15, 0.2) is 0 Å². The number of hydrogen-bond donors (Lipinski definition) is 1. The predicted octanol–water partition coefficient (Wildman–Crippen LogP) is 0.673. The van der Waals surface area contributed by atoms with Crippen LogP contribution in [0.3, 0.4) is 0 Å². The van der Waals surface area contributed by atoms with Crippen LogP contribution in [0, 0.1) is 0 Å². The van der Waals surface area contributed by atoms with Crippen LogP contribution in [0.4, 0.5) is 0 Å². The van der Waals surface area contributed by atoms with Crippen LogP contribution in [0.1, 0.15) is 11.1 Å². The Morgan fingerprint density at radius 2 is 2.06 bits per heavy atom. The zero-order valence-electron chi connectivity index (χ0n) is 9.96. The van der Waals surface area contributed by atoms with E-state index in [4.69, 9.17) is 9.84 Å². The highest BCUT2D eigenvalue weighted by atomic mass is 16.5. The summed E-state index contributed by atoms with van der Waals surface area (Å²) < 4.78 is 5.06. The zero-order chi connectivity index (χ0) is 13.0. The van der Waals surface area contributed by atoms with Gasteiger partial charge in [-0.15, -0.1) is 0 Å². The first-order valence-electron chi connectivity index (χ1n) is 5.81. The first-order valence-corrected chi connectivity index (χ1v) is 5.81. The third-order valence-corrected chi connectivity index (χ3v) is 2.91. The first-order chi connectivity index (χ1) is 8.66. The van der Waals surface area contributed by atoms with Crippen LogP contribution in [-0.4, -0.2) is 41.6 Å². The number of morpholine rings is 1. The minimum Gasteiger partial charge on any atom is -0.481 e. The number of amides is 1. The first kappa shape index (κ1) is 12.6. The van der Waals surface area contributed by atoms with E-state index in [1.165, 1.54) is 0 Å². The molecule has 1 saturated heterocycles.